The fourth-order valence-corrected chi connectivity index (χ4v) is 1.47. The average molecular weight is 200 g/mol. The summed E-state index contributed by atoms with van der Waals surface area (Å²) in [5.41, 5.74) is 9.45. The van der Waals surface area contributed by atoms with Crippen LogP contribution < -0.4 is 5.73 Å². The first-order valence-corrected chi connectivity index (χ1v) is 4.73. The number of aryl methyl sites for hydroxylation is 1. The Labute approximate surface area is 88.2 Å². The van der Waals surface area contributed by atoms with Crippen molar-refractivity contribution in [1.29, 1.82) is 0 Å². The molecule has 4 heteroatoms. The molecule has 15 heavy (non-hydrogen) atoms. The van der Waals surface area contributed by atoms with Crippen LogP contribution in [0, 0.1) is 6.92 Å². The molecule has 0 bridgehead atoms. The lowest BCUT2D eigenvalue weighted by molar-refractivity contribution is 0.971. The van der Waals surface area contributed by atoms with Crippen LogP contribution in [0.1, 0.15) is 11.4 Å². The van der Waals surface area contributed by atoms with Crippen LogP contribution in [0.3, 0.4) is 0 Å². The molecule has 0 spiro atoms. The zero-order chi connectivity index (χ0) is 10.7. The minimum absolute atomic E-state index is 0.423. The Bertz CT molecular complexity index is 453. The van der Waals surface area contributed by atoms with Gasteiger partial charge in [0.2, 0.25) is 0 Å². The predicted molar refractivity (Wildman–Crippen MR) is 57.9 cm³/mol. The molecule has 0 aliphatic heterocycles. The molecule has 0 aliphatic rings. The number of hydrogen-bond acceptors (Lipinski definition) is 4. The van der Waals surface area contributed by atoms with Crippen LogP contribution in [0.4, 0.5) is 0 Å². The third-order valence-electron chi connectivity index (χ3n) is 2.18. The second-order valence-electron chi connectivity index (χ2n) is 3.28. The maximum Gasteiger partial charge on any atom is 0.115 e. The molecule has 0 saturated heterocycles. The molecular formula is C11H12N4. The molecule has 2 aromatic heterocycles. The fourth-order valence-electron chi connectivity index (χ4n) is 1.47. The second-order valence-corrected chi connectivity index (χ2v) is 3.28. The van der Waals surface area contributed by atoms with Crippen LogP contribution in [0.15, 0.2) is 30.9 Å². The third-order valence-corrected chi connectivity index (χ3v) is 2.18. The van der Waals surface area contributed by atoms with E-state index >= 15 is 0 Å². The Balaban J connectivity index is 2.53. The van der Waals surface area contributed by atoms with E-state index in [1.54, 1.807) is 12.4 Å². The maximum absolute atomic E-state index is 5.65. The van der Waals surface area contributed by atoms with E-state index in [2.05, 4.69) is 15.0 Å². The number of rotatable bonds is 2. The Kier molecular flexibility index (Phi) is 2.69. The summed E-state index contributed by atoms with van der Waals surface area (Å²) in [6.07, 6.45) is 5.03. The van der Waals surface area contributed by atoms with Crippen LogP contribution in [0.25, 0.3) is 11.1 Å². The number of nitrogens with zero attached hydrogens (tertiary/aromatic N) is 3. The molecule has 2 N–H and O–H groups in total. The van der Waals surface area contributed by atoms with E-state index in [9.17, 15) is 0 Å². The van der Waals surface area contributed by atoms with Gasteiger partial charge in [-0.2, -0.15) is 0 Å². The summed E-state index contributed by atoms with van der Waals surface area (Å²) in [4.78, 5) is 12.3. The summed E-state index contributed by atoms with van der Waals surface area (Å²) in [7, 11) is 0. The number of aromatic nitrogens is 3. The van der Waals surface area contributed by atoms with Gasteiger partial charge in [0.15, 0.2) is 0 Å². The Morgan fingerprint density at radius 2 is 1.93 bits per heavy atom. The van der Waals surface area contributed by atoms with Crippen molar-refractivity contribution in [2.75, 3.05) is 0 Å². The van der Waals surface area contributed by atoms with Crippen LogP contribution in [0.2, 0.25) is 0 Å². The van der Waals surface area contributed by atoms with Gasteiger partial charge in [-0.3, -0.25) is 4.98 Å². The molecule has 0 radical (unpaired) electrons. The molecule has 0 fully saturated rings. The van der Waals surface area contributed by atoms with Gasteiger partial charge in [-0.25, -0.2) is 9.97 Å². The van der Waals surface area contributed by atoms with E-state index in [-0.39, 0.29) is 0 Å². The lowest BCUT2D eigenvalue weighted by atomic mass is 10.1. The number of pyridine rings is 1. The van der Waals surface area contributed by atoms with E-state index in [0.29, 0.717) is 6.54 Å². The van der Waals surface area contributed by atoms with Gasteiger partial charge in [-0.15, -0.1) is 0 Å². The van der Waals surface area contributed by atoms with Crippen molar-refractivity contribution >= 4 is 0 Å². The highest BCUT2D eigenvalue weighted by Gasteiger charge is 2.05. The van der Waals surface area contributed by atoms with Crippen molar-refractivity contribution < 1.29 is 0 Å². The highest BCUT2D eigenvalue weighted by atomic mass is 14.8. The van der Waals surface area contributed by atoms with Crippen molar-refractivity contribution in [2.24, 2.45) is 5.73 Å². The predicted octanol–water partition coefficient (Wildman–Crippen LogP) is 1.31. The molecule has 0 aromatic carbocycles. The summed E-state index contributed by atoms with van der Waals surface area (Å²) in [6, 6.07) is 3.96. The van der Waals surface area contributed by atoms with Crippen molar-refractivity contribution in [1.82, 2.24) is 15.0 Å². The monoisotopic (exact) mass is 200 g/mol. The van der Waals surface area contributed by atoms with Crippen LogP contribution in [0.5, 0.6) is 0 Å². The van der Waals surface area contributed by atoms with E-state index in [4.69, 9.17) is 5.73 Å². The van der Waals surface area contributed by atoms with Gasteiger partial charge < -0.3 is 5.73 Å². The minimum Gasteiger partial charge on any atom is -0.325 e. The van der Waals surface area contributed by atoms with Crippen LogP contribution in [-0.4, -0.2) is 15.0 Å². The zero-order valence-corrected chi connectivity index (χ0v) is 8.51. The van der Waals surface area contributed by atoms with E-state index < -0.39 is 0 Å². The lowest BCUT2D eigenvalue weighted by Crippen LogP contribution is -2.03. The summed E-state index contributed by atoms with van der Waals surface area (Å²) < 4.78 is 0. The minimum atomic E-state index is 0.423. The number of hydrogen-bond donors (Lipinski definition) is 1. The summed E-state index contributed by atoms with van der Waals surface area (Å²) in [6.45, 7) is 2.37. The molecule has 0 unspecified atom stereocenters. The first-order chi connectivity index (χ1) is 7.31. The Hall–Kier alpha value is -1.81. The molecule has 2 aromatic rings. The molecule has 0 saturated carbocycles. The smallest absolute Gasteiger partial charge is 0.115 e. The van der Waals surface area contributed by atoms with Gasteiger partial charge in [0.25, 0.3) is 0 Å². The van der Waals surface area contributed by atoms with Gasteiger partial charge in [0, 0.05) is 35.8 Å². The molecule has 76 valence electrons. The molecule has 2 heterocycles. The first-order valence-electron chi connectivity index (χ1n) is 4.73. The van der Waals surface area contributed by atoms with E-state index in [0.717, 1.165) is 22.5 Å². The highest BCUT2D eigenvalue weighted by Crippen LogP contribution is 2.20. The average Bonchev–Trinajstić information content (AvgIpc) is 2.30. The van der Waals surface area contributed by atoms with E-state index in [1.165, 1.54) is 6.33 Å². The van der Waals surface area contributed by atoms with Crippen molar-refractivity contribution in [3.63, 3.8) is 0 Å². The molecule has 0 amide bonds. The van der Waals surface area contributed by atoms with E-state index in [1.807, 2.05) is 19.1 Å². The standard InChI is InChI=1S/C11H12N4/c1-8-2-3-10(11(4-12)15-8)9-5-13-7-14-6-9/h2-3,5-7H,4,12H2,1H3. The van der Waals surface area contributed by atoms with Crippen molar-refractivity contribution in [3.8, 4) is 11.1 Å². The van der Waals surface area contributed by atoms with Gasteiger partial charge in [-0.1, -0.05) is 6.07 Å². The van der Waals surface area contributed by atoms with Gasteiger partial charge in [0.05, 0.1) is 5.69 Å². The molecule has 2 rings (SSSR count). The van der Waals surface area contributed by atoms with Crippen molar-refractivity contribution in [3.05, 3.63) is 42.2 Å². The normalized spacial score (nSPS) is 10.3. The van der Waals surface area contributed by atoms with Gasteiger partial charge >= 0.3 is 0 Å². The van der Waals surface area contributed by atoms with Crippen molar-refractivity contribution in [2.45, 2.75) is 13.5 Å². The van der Waals surface area contributed by atoms with Gasteiger partial charge in [-0.05, 0) is 13.0 Å². The highest BCUT2D eigenvalue weighted by molar-refractivity contribution is 5.64. The third kappa shape index (κ3) is 1.99. The summed E-state index contributed by atoms with van der Waals surface area (Å²) in [5.74, 6) is 0. The zero-order valence-electron chi connectivity index (χ0n) is 8.51. The Morgan fingerprint density at radius 3 is 2.60 bits per heavy atom. The molecule has 0 aliphatic carbocycles. The molecule has 4 nitrogen and oxygen atoms in total. The van der Waals surface area contributed by atoms with Gasteiger partial charge in [0.1, 0.15) is 6.33 Å². The Morgan fingerprint density at radius 1 is 1.20 bits per heavy atom. The maximum atomic E-state index is 5.65. The molecule has 0 atom stereocenters. The van der Waals surface area contributed by atoms with Crippen LogP contribution in [-0.2, 0) is 6.54 Å². The number of nitrogens with two attached hydrogens (primary N) is 1. The SMILES string of the molecule is Cc1ccc(-c2cncnc2)c(CN)n1. The summed E-state index contributed by atoms with van der Waals surface area (Å²) in [5, 5.41) is 0. The summed E-state index contributed by atoms with van der Waals surface area (Å²) >= 11 is 0. The lowest BCUT2D eigenvalue weighted by Gasteiger charge is -2.06. The fraction of sp³-hybridized carbons (Fsp3) is 0.182. The quantitative estimate of drug-likeness (QED) is 0.793. The first kappa shape index (κ1) is 9.73. The molecular weight excluding hydrogens is 188 g/mol. The van der Waals surface area contributed by atoms with Crippen LogP contribution >= 0.6 is 0 Å². The second kappa shape index (κ2) is 4.14. The topological polar surface area (TPSA) is 64.7 Å². The largest absolute Gasteiger partial charge is 0.325 e.